The van der Waals surface area contributed by atoms with E-state index in [2.05, 4.69) is 6.92 Å². The molecule has 3 heteroatoms. The highest BCUT2D eigenvalue weighted by atomic mass is 16.3. The third kappa shape index (κ3) is 4.88. The maximum absolute atomic E-state index is 12.0. The molecule has 0 aliphatic carbocycles. The van der Waals surface area contributed by atoms with Crippen molar-refractivity contribution in [1.82, 2.24) is 4.90 Å². The number of carbonyl (C=O) groups is 1. The van der Waals surface area contributed by atoms with Crippen molar-refractivity contribution in [2.75, 3.05) is 13.7 Å². The van der Waals surface area contributed by atoms with Gasteiger partial charge < -0.3 is 10.0 Å². The first-order valence-electron chi connectivity index (χ1n) is 6.56. The molecule has 0 aromatic heterocycles. The van der Waals surface area contributed by atoms with Gasteiger partial charge in [-0.1, -0.05) is 43.7 Å². The van der Waals surface area contributed by atoms with Gasteiger partial charge in [-0.15, -0.1) is 0 Å². The highest BCUT2D eigenvalue weighted by molar-refractivity contribution is 5.76. The maximum atomic E-state index is 12.0. The molecule has 1 N–H and O–H groups in total. The van der Waals surface area contributed by atoms with E-state index < -0.39 is 0 Å². The van der Waals surface area contributed by atoms with Crippen LogP contribution in [0, 0.1) is 5.92 Å². The lowest BCUT2D eigenvalue weighted by molar-refractivity contribution is -0.131. The number of aliphatic hydroxyl groups excluding tert-OH is 1. The van der Waals surface area contributed by atoms with Gasteiger partial charge in [-0.2, -0.15) is 0 Å². The Morgan fingerprint density at radius 2 is 2.00 bits per heavy atom. The fourth-order valence-corrected chi connectivity index (χ4v) is 2.01. The number of hydrogen-bond donors (Lipinski definition) is 1. The molecular formula is C15H23NO2. The molecule has 1 amide bonds. The van der Waals surface area contributed by atoms with Crippen LogP contribution in [0.2, 0.25) is 0 Å². The van der Waals surface area contributed by atoms with Crippen LogP contribution in [-0.4, -0.2) is 29.6 Å². The van der Waals surface area contributed by atoms with Crippen LogP contribution in [0.15, 0.2) is 30.3 Å². The fraction of sp³-hybridized carbons (Fsp3) is 0.533. The zero-order valence-electron chi connectivity index (χ0n) is 11.3. The van der Waals surface area contributed by atoms with Crippen LogP contribution in [0.25, 0.3) is 0 Å². The van der Waals surface area contributed by atoms with E-state index in [1.165, 1.54) is 0 Å². The fourth-order valence-electron chi connectivity index (χ4n) is 2.01. The van der Waals surface area contributed by atoms with E-state index in [0.717, 1.165) is 18.4 Å². The molecule has 100 valence electrons. The van der Waals surface area contributed by atoms with E-state index >= 15 is 0 Å². The average molecular weight is 249 g/mol. The minimum atomic E-state index is 0.0960. The van der Waals surface area contributed by atoms with Gasteiger partial charge in [-0.25, -0.2) is 0 Å². The predicted molar refractivity (Wildman–Crippen MR) is 73.0 cm³/mol. The van der Waals surface area contributed by atoms with Gasteiger partial charge in [0.05, 0.1) is 0 Å². The van der Waals surface area contributed by atoms with Crippen molar-refractivity contribution in [2.24, 2.45) is 5.92 Å². The molecule has 0 heterocycles. The lowest BCUT2D eigenvalue weighted by atomic mass is 10.00. The third-order valence-electron chi connectivity index (χ3n) is 3.11. The van der Waals surface area contributed by atoms with Crippen molar-refractivity contribution in [3.8, 4) is 0 Å². The molecule has 1 atom stereocenters. The maximum Gasteiger partial charge on any atom is 0.222 e. The summed E-state index contributed by atoms with van der Waals surface area (Å²) in [7, 11) is 1.82. The van der Waals surface area contributed by atoms with Crippen LogP contribution in [0.3, 0.4) is 0 Å². The number of amides is 1. The highest BCUT2D eigenvalue weighted by Crippen LogP contribution is 2.13. The van der Waals surface area contributed by atoms with Crippen LogP contribution in [-0.2, 0) is 11.3 Å². The van der Waals surface area contributed by atoms with Crippen LogP contribution in [0.5, 0.6) is 0 Å². The van der Waals surface area contributed by atoms with Crippen molar-refractivity contribution in [3.05, 3.63) is 35.9 Å². The summed E-state index contributed by atoms with van der Waals surface area (Å²) in [4.78, 5) is 13.7. The Morgan fingerprint density at radius 3 is 2.56 bits per heavy atom. The number of hydrogen-bond acceptors (Lipinski definition) is 2. The summed E-state index contributed by atoms with van der Waals surface area (Å²) in [6.45, 7) is 2.80. The summed E-state index contributed by atoms with van der Waals surface area (Å²) in [5, 5.41) is 9.21. The van der Waals surface area contributed by atoms with Crippen molar-refractivity contribution in [3.63, 3.8) is 0 Å². The van der Waals surface area contributed by atoms with Crippen molar-refractivity contribution in [1.29, 1.82) is 0 Å². The minimum Gasteiger partial charge on any atom is -0.396 e. The first-order valence-corrected chi connectivity index (χ1v) is 6.56. The average Bonchev–Trinajstić information content (AvgIpc) is 2.39. The Hall–Kier alpha value is -1.35. The van der Waals surface area contributed by atoms with Crippen molar-refractivity contribution < 1.29 is 9.90 Å². The summed E-state index contributed by atoms with van der Waals surface area (Å²) in [6.07, 6.45) is 2.34. The molecular weight excluding hydrogens is 226 g/mol. The Kier molecular flexibility index (Phi) is 6.44. The Bertz CT molecular complexity index is 351. The third-order valence-corrected chi connectivity index (χ3v) is 3.11. The molecule has 0 radical (unpaired) electrons. The molecule has 0 saturated heterocycles. The molecule has 1 unspecified atom stereocenters. The smallest absolute Gasteiger partial charge is 0.222 e. The molecule has 0 bridgehead atoms. The molecule has 0 saturated carbocycles. The summed E-state index contributed by atoms with van der Waals surface area (Å²) in [6, 6.07) is 9.94. The molecule has 1 aromatic carbocycles. The van der Waals surface area contributed by atoms with Crippen LogP contribution in [0.4, 0.5) is 0 Å². The van der Waals surface area contributed by atoms with Gasteiger partial charge >= 0.3 is 0 Å². The van der Waals surface area contributed by atoms with Gasteiger partial charge in [0.15, 0.2) is 0 Å². The number of carbonyl (C=O) groups excluding carboxylic acids is 1. The van der Waals surface area contributed by atoms with Crippen LogP contribution < -0.4 is 0 Å². The molecule has 3 nitrogen and oxygen atoms in total. The first-order chi connectivity index (χ1) is 8.67. The Labute approximate surface area is 109 Å². The van der Waals surface area contributed by atoms with Gasteiger partial charge in [0.1, 0.15) is 0 Å². The number of benzene rings is 1. The Balaban J connectivity index is 2.46. The van der Waals surface area contributed by atoms with Gasteiger partial charge in [-0.05, 0) is 17.9 Å². The molecule has 18 heavy (non-hydrogen) atoms. The summed E-state index contributed by atoms with van der Waals surface area (Å²) in [5.74, 6) is 0.201. The SMILES string of the molecule is CCCC(CO)CC(=O)N(C)Cc1ccccc1. The summed E-state index contributed by atoms with van der Waals surface area (Å²) >= 11 is 0. The second kappa shape index (κ2) is 7.88. The molecule has 0 spiro atoms. The molecule has 0 aliphatic heterocycles. The van der Waals surface area contributed by atoms with E-state index in [1.807, 2.05) is 37.4 Å². The molecule has 1 aromatic rings. The van der Waals surface area contributed by atoms with E-state index in [0.29, 0.717) is 13.0 Å². The highest BCUT2D eigenvalue weighted by Gasteiger charge is 2.15. The van der Waals surface area contributed by atoms with Gasteiger partial charge in [0.2, 0.25) is 5.91 Å². The standard InChI is InChI=1S/C15H23NO2/c1-3-7-14(12-17)10-15(18)16(2)11-13-8-5-4-6-9-13/h4-6,8-9,14,17H,3,7,10-12H2,1-2H3. The monoisotopic (exact) mass is 249 g/mol. The van der Waals surface area contributed by atoms with Crippen LogP contribution in [0.1, 0.15) is 31.7 Å². The van der Waals surface area contributed by atoms with Crippen LogP contribution >= 0.6 is 0 Å². The predicted octanol–water partition coefficient (Wildman–Crippen LogP) is 2.44. The molecule has 0 fully saturated rings. The second-order valence-electron chi connectivity index (χ2n) is 4.78. The summed E-state index contributed by atoms with van der Waals surface area (Å²) < 4.78 is 0. The van der Waals surface area contributed by atoms with E-state index in [9.17, 15) is 9.90 Å². The largest absolute Gasteiger partial charge is 0.396 e. The number of nitrogens with zero attached hydrogens (tertiary/aromatic N) is 1. The summed E-state index contributed by atoms with van der Waals surface area (Å²) in [5.41, 5.74) is 1.13. The van der Waals surface area contributed by atoms with Gasteiger partial charge in [-0.3, -0.25) is 4.79 Å². The van der Waals surface area contributed by atoms with Crippen molar-refractivity contribution in [2.45, 2.75) is 32.7 Å². The van der Waals surface area contributed by atoms with E-state index in [1.54, 1.807) is 4.90 Å². The van der Waals surface area contributed by atoms with Gasteiger partial charge in [0.25, 0.3) is 0 Å². The topological polar surface area (TPSA) is 40.5 Å². The number of aliphatic hydroxyl groups is 1. The zero-order chi connectivity index (χ0) is 13.4. The van der Waals surface area contributed by atoms with Gasteiger partial charge in [0, 0.05) is 26.6 Å². The minimum absolute atomic E-state index is 0.0960. The van der Waals surface area contributed by atoms with E-state index in [4.69, 9.17) is 0 Å². The number of rotatable bonds is 7. The normalized spacial score (nSPS) is 12.2. The second-order valence-corrected chi connectivity index (χ2v) is 4.78. The lowest BCUT2D eigenvalue weighted by Gasteiger charge is -2.20. The Morgan fingerprint density at radius 1 is 1.33 bits per heavy atom. The molecule has 1 rings (SSSR count). The van der Waals surface area contributed by atoms with E-state index in [-0.39, 0.29) is 18.4 Å². The quantitative estimate of drug-likeness (QED) is 0.806. The zero-order valence-corrected chi connectivity index (χ0v) is 11.3. The lowest BCUT2D eigenvalue weighted by Crippen LogP contribution is -2.28. The van der Waals surface area contributed by atoms with Crippen molar-refractivity contribution >= 4 is 5.91 Å². The first kappa shape index (κ1) is 14.7. The molecule has 0 aliphatic rings.